The first-order chi connectivity index (χ1) is 16.0. The fraction of sp³-hybridized carbons (Fsp3) is 0.185. The highest BCUT2D eigenvalue weighted by molar-refractivity contribution is 6.30. The first kappa shape index (κ1) is 21.2. The van der Waals surface area contributed by atoms with E-state index in [2.05, 4.69) is 29.5 Å². The van der Waals surface area contributed by atoms with E-state index >= 15 is 0 Å². The number of allylic oxidation sites excluding steroid dienone is 1. The van der Waals surface area contributed by atoms with Gasteiger partial charge in [0.25, 0.3) is 0 Å². The summed E-state index contributed by atoms with van der Waals surface area (Å²) in [5.74, 6) is 0.0819. The van der Waals surface area contributed by atoms with Gasteiger partial charge in [-0.3, -0.25) is 0 Å². The quantitative estimate of drug-likeness (QED) is 0.329. The Balaban J connectivity index is 1.60. The van der Waals surface area contributed by atoms with Gasteiger partial charge in [-0.2, -0.15) is 5.26 Å². The zero-order chi connectivity index (χ0) is 23.1. The van der Waals surface area contributed by atoms with Crippen LogP contribution in [0.15, 0.2) is 60.3 Å². The Bertz CT molecular complexity index is 1480. The van der Waals surface area contributed by atoms with Crippen LogP contribution in [0.5, 0.6) is 5.75 Å². The van der Waals surface area contributed by atoms with Gasteiger partial charge in [0.1, 0.15) is 23.8 Å². The Labute approximate surface area is 196 Å². The molecule has 0 aliphatic carbocycles. The molecule has 4 nitrogen and oxygen atoms in total. The maximum absolute atomic E-state index is 13.9. The van der Waals surface area contributed by atoms with E-state index in [1.54, 1.807) is 13.0 Å². The second-order valence-electron chi connectivity index (χ2n) is 8.14. The molecule has 1 aliphatic rings. The summed E-state index contributed by atoms with van der Waals surface area (Å²) in [7, 11) is 0. The number of hydrogen-bond acceptors (Lipinski definition) is 3. The molecule has 1 aliphatic heterocycles. The third kappa shape index (κ3) is 3.77. The van der Waals surface area contributed by atoms with Crippen LogP contribution in [0.1, 0.15) is 47.5 Å². The van der Waals surface area contributed by atoms with Gasteiger partial charge in [0.05, 0.1) is 11.8 Å². The number of pyridine rings is 1. The van der Waals surface area contributed by atoms with E-state index < -0.39 is 0 Å². The topological polar surface area (TPSA) is 50.3 Å². The van der Waals surface area contributed by atoms with Crippen molar-refractivity contribution in [2.24, 2.45) is 0 Å². The molecule has 0 N–H and O–H groups in total. The van der Waals surface area contributed by atoms with E-state index in [4.69, 9.17) is 21.3 Å². The number of fused-ring (bicyclic) bond motifs is 3. The molecule has 0 atom stereocenters. The number of aromatic nitrogens is 2. The predicted molar refractivity (Wildman–Crippen MR) is 127 cm³/mol. The van der Waals surface area contributed by atoms with Crippen LogP contribution in [-0.4, -0.2) is 9.38 Å². The molecule has 5 rings (SSSR count). The van der Waals surface area contributed by atoms with Gasteiger partial charge in [-0.15, -0.1) is 0 Å². The largest absolute Gasteiger partial charge is 0.488 e. The molecule has 2 aromatic heterocycles. The number of ether oxygens (including phenoxy) is 1. The Morgan fingerprint density at radius 3 is 2.79 bits per heavy atom. The number of halogens is 2. The summed E-state index contributed by atoms with van der Waals surface area (Å²) in [4.78, 5) is 4.75. The number of imidazole rings is 1. The molecule has 0 spiro atoms. The number of nitrogens with zero attached hydrogens (tertiary/aromatic N) is 3. The van der Waals surface area contributed by atoms with E-state index in [1.807, 2.05) is 24.4 Å². The van der Waals surface area contributed by atoms with E-state index in [9.17, 15) is 9.65 Å². The van der Waals surface area contributed by atoms with Crippen molar-refractivity contribution >= 4 is 22.8 Å². The Hall–Kier alpha value is -3.62. The Kier molecular flexibility index (Phi) is 5.39. The lowest BCUT2D eigenvalue weighted by Gasteiger charge is -2.13. The summed E-state index contributed by atoms with van der Waals surface area (Å²) in [5.41, 5.74) is 8.07. The highest BCUT2D eigenvalue weighted by Crippen LogP contribution is 2.39. The van der Waals surface area contributed by atoms with Crippen molar-refractivity contribution in [3.05, 3.63) is 105 Å². The molecule has 164 valence electrons. The van der Waals surface area contributed by atoms with E-state index in [1.165, 1.54) is 12.1 Å². The molecule has 0 unspecified atom stereocenters. The summed E-state index contributed by atoms with van der Waals surface area (Å²) in [6, 6.07) is 16.7. The van der Waals surface area contributed by atoms with Crippen molar-refractivity contribution < 1.29 is 9.13 Å². The van der Waals surface area contributed by atoms with E-state index in [0.717, 1.165) is 51.3 Å². The molecule has 4 aromatic rings. The standard InChI is InChI=1S/C27H21ClFN3O/c1-3-23-24(32-9-8-19(28)12-26(32)31-23)11-17-4-6-21-18(10-17)15-33-25-13-20(29)5-7-22(25)27(21)16(2)14-30/h4-10,12-13H,3,11,15H2,1-2H3/b27-16-. The van der Waals surface area contributed by atoms with Gasteiger partial charge in [0.2, 0.25) is 0 Å². The molecule has 0 saturated carbocycles. The number of rotatable bonds is 3. The van der Waals surface area contributed by atoms with Crippen LogP contribution in [0.2, 0.25) is 5.02 Å². The van der Waals surface area contributed by atoms with Crippen LogP contribution in [0.4, 0.5) is 4.39 Å². The van der Waals surface area contributed by atoms with Crippen LogP contribution in [-0.2, 0) is 19.4 Å². The van der Waals surface area contributed by atoms with Gasteiger partial charge in [-0.25, -0.2) is 9.37 Å². The lowest BCUT2D eigenvalue weighted by molar-refractivity contribution is 0.305. The maximum atomic E-state index is 13.9. The second kappa shape index (κ2) is 8.38. The third-order valence-corrected chi connectivity index (χ3v) is 6.29. The highest BCUT2D eigenvalue weighted by atomic mass is 35.5. The minimum Gasteiger partial charge on any atom is -0.488 e. The number of aryl methyl sites for hydroxylation is 1. The maximum Gasteiger partial charge on any atom is 0.138 e. The fourth-order valence-corrected chi connectivity index (χ4v) is 4.64. The summed E-state index contributed by atoms with van der Waals surface area (Å²) < 4.78 is 22.0. The lowest BCUT2D eigenvalue weighted by Crippen LogP contribution is -2.02. The molecule has 0 amide bonds. The molecule has 0 saturated heterocycles. The van der Waals surface area contributed by atoms with Crippen LogP contribution < -0.4 is 4.74 Å². The molecule has 0 bridgehead atoms. The minimum atomic E-state index is -0.367. The summed E-state index contributed by atoms with van der Waals surface area (Å²) >= 11 is 6.16. The van der Waals surface area contributed by atoms with Gasteiger partial charge in [0, 0.05) is 52.2 Å². The van der Waals surface area contributed by atoms with Crippen molar-refractivity contribution in [1.29, 1.82) is 5.26 Å². The average molecular weight is 458 g/mol. The van der Waals surface area contributed by atoms with Crippen molar-refractivity contribution in [1.82, 2.24) is 9.38 Å². The molecular formula is C27H21ClFN3O. The number of benzene rings is 2. The van der Waals surface area contributed by atoms with Crippen LogP contribution in [0.25, 0.3) is 11.2 Å². The number of hydrogen-bond donors (Lipinski definition) is 0. The van der Waals surface area contributed by atoms with Gasteiger partial charge in [-0.05, 0) is 48.2 Å². The van der Waals surface area contributed by atoms with Crippen LogP contribution >= 0.6 is 11.6 Å². The van der Waals surface area contributed by atoms with Crippen LogP contribution in [0, 0.1) is 17.1 Å². The second-order valence-corrected chi connectivity index (χ2v) is 8.58. The fourth-order valence-electron chi connectivity index (χ4n) is 4.49. The normalized spacial score (nSPS) is 14.2. The Morgan fingerprint density at radius 2 is 2.00 bits per heavy atom. The van der Waals surface area contributed by atoms with Crippen molar-refractivity contribution in [2.45, 2.75) is 33.3 Å². The highest BCUT2D eigenvalue weighted by Gasteiger charge is 2.22. The molecule has 2 aromatic carbocycles. The molecule has 3 heterocycles. The number of nitriles is 1. The van der Waals surface area contributed by atoms with Gasteiger partial charge >= 0.3 is 0 Å². The van der Waals surface area contributed by atoms with E-state index in [0.29, 0.717) is 29.4 Å². The zero-order valence-electron chi connectivity index (χ0n) is 18.3. The monoisotopic (exact) mass is 457 g/mol. The smallest absolute Gasteiger partial charge is 0.138 e. The van der Waals surface area contributed by atoms with Crippen LogP contribution in [0.3, 0.4) is 0 Å². The first-order valence-electron chi connectivity index (χ1n) is 10.8. The van der Waals surface area contributed by atoms with Gasteiger partial charge < -0.3 is 9.14 Å². The first-order valence-corrected chi connectivity index (χ1v) is 11.2. The predicted octanol–water partition coefficient (Wildman–Crippen LogP) is 6.52. The Morgan fingerprint density at radius 1 is 1.18 bits per heavy atom. The van der Waals surface area contributed by atoms with Gasteiger partial charge in [-0.1, -0.05) is 36.7 Å². The summed E-state index contributed by atoms with van der Waals surface area (Å²) in [5, 5.41) is 10.3. The zero-order valence-corrected chi connectivity index (χ0v) is 19.1. The molecule has 0 radical (unpaired) electrons. The lowest BCUT2D eigenvalue weighted by atomic mass is 9.89. The van der Waals surface area contributed by atoms with Crippen molar-refractivity contribution in [3.8, 4) is 11.8 Å². The summed E-state index contributed by atoms with van der Waals surface area (Å²) in [6.45, 7) is 4.17. The SMILES string of the molecule is CCc1nc2cc(Cl)ccn2c1Cc1ccc2c(c1)COc1cc(F)ccc1/C2=C(/C)C#N. The minimum absolute atomic E-state index is 0.297. The molecular weight excluding hydrogens is 437 g/mol. The van der Waals surface area contributed by atoms with Crippen molar-refractivity contribution in [3.63, 3.8) is 0 Å². The van der Waals surface area contributed by atoms with Gasteiger partial charge in [0.15, 0.2) is 0 Å². The molecule has 33 heavy (non-hydrogen) atoms. The van der Waals surface area contributed by atoms with E-state index in [-0.39, 0.29) is 5.82 Å². The average Bonchev–Trinajstić information content (AvgIpc) is 3.06. The summed E-state index contributed by atoms with van der Waals surface area (Å²) in [6.07, 6.45) is 3.46. The molecule has 0 fully saturated rings. The van der Waals surface area contributed by atoms with Crippen molar-refractivity contribution in [2.75, 3.05) is 0 Å². The molecule has 6 heteroatoms. The third-order valence-electron chi connectivity index (χ3n) is 6.05.